The van der Waals surface area contributed by atoms with Crippen LogP contribution >= 0.6 is 0 Å². The van der Waals surface area contributed by atoms with Crippen molar-refractivity contribution < 1.29 is 8.83 Å². The van der Waals surface area contributed by atoms with Gasteiger partial charge in [0.05, 0.1) is 29.5 Å². The number of hydrogen-bond donors (Lipinski definition) is 3. The normalized spacial score (nSPS) is 17.4. The average Bonchev–Trinajstić information content (AvgIpc) is 3.95. The first kappa shape index (κ1) is 32.3. The number of nitrogens with one attached hydrogen (secondary N) is 3. The van der Waals surface area contributed by atoms with Crippen LogP contribution in [0.3, 0.4) is 0 Å². The molecule has 3 N–H and O–H groups in total. The van der Waals surface area contributed by atoms with Gasteiger partial charge in [0.25, 0.3) is 0 Å². The zero-order chi connectivity index (χ0) is 37.5. The summed E-state index contributed by atoms with van der Waals surface area (Å²) in [5.74, 6) is 0. The van der Waals surface area contributed by atoms with Gasteiger partial charge in [0.1, 0.15) is 22.3 Å². The fraction of sp³-hybridized carbons (Fsp3) is 0.0588. The Morgan fingerprint density at radius 3 is 1.67 bits per heavy atom. The standard InChI is InChI=1S/C51H36N4O2/c1-3-12-31(13-4-1)49-52-50(32-14-5-2-6-15-32)54-51(53-49)34-23-26-40-47(29-34)57-45-21-11-18-36(48(40)45)33-22-25-39-41-30-35(24-27-44(41)56-46(39)28-33)55-42-19-9-7-16-37(42)38-17-8-10-20-43(38)55/h1-30,49-54H. The van der Waals surface area contributed by atoms with E-state index in [0.29, 0.717) is 0 Å². The highest BCUT2D eigenvalue weighted by Gasteiger charge is 2.30. The Labute approximate surface area is 327 Å². The summed E-state index contributed by atoms with van der Waals surface area (Å²) in [6.07, 6.45) is -0.215. The SMILES string of the molecule is c1ccc(C2NC(c3ccccc3)NC(c3ccc4c(c3)oc3cccc(-c5ccc6c(c5)oc5ccc(-n7c8ccccc8c8ccccc87)cc56)c34)N2)cc1. The molecule has 2 unspecified atom stereocenters. The molecule has 1 aliphatic rings. The lowest BCUT2D eigenvalue weighted by Gasteiger charge is -2.39. The van der Waals surface area contributed by atoms with E-state index in [1.807, 2.05) is 0 Å². The second-order valence-corrected chi connectivity index (χ2v) is 15.0. The van der Waals surface area contributed by atoms with Crippen LogP contribution in [-0.4, -0.2) is 4.57 Å². The summed E-state index contributed by atoms with van der Waals surface area (Å²) >= 11 is 0. The average molecular weight is 737 g/mol. The molecule has 6 heteroatoms. The summed E-state index contributed by atoms with van der Waals surface area (Å²) < 4.78 is 15.5. The number of para-hydroxylation sites is 2. The molecule has 1 fully saturated rings. The smallest absolute Gasteiger partial charge is 0.136 e. The molecule has 0 radical (unpaired) electrons. The van der Waals surface area contributed by atoms with Crippen molar-refractivity contribution in [2.24, 2.45) is 0 Å². The van der Waals surface area contributed by atoms with E-state index < -0.39 is 0 Å². The van der Waals surface area contributed by atoms with E-state index in [1.54, 1.807) is 0 Å². The molecule has 12 rings (SSSR count). The summed E-state index contributed by atoms with van der Waals surface area (Å²) in [4.78, 5) is 0. The summed E-state index contributed by atoms with van der Waals surface area (Å²) in [7, 11) is 0. The minimum Gasteiger partial charge on any atom is -0.456 e. The second kappa shape index (κ2) is 12.8. The molecule has 0 amide bonds. The quantitative estimate of drug-likeness (QED) is 0.164. The zero-order valence-electron chi connectivity index (χ0n) is 30.8. The van der Waals surface area contributed by atoms with Crippen LogP contribution in [0.2, 0.25) is 0 Å². The highest BCUT2D eigenvalue weighted by molar-refractivity contribution is 6.14. The number of hydrogen-bond acceptors (Lipinski definition) is 5. The van der Waals surface area contributed by atoms with Gasteiger partial charge in [-0.15, -0.1) is 0 Å². The van der Waals surface area contributed by atoms with Crippen LogP contribution in [0.5, 0.6) is 0 Å². The molecule has 57 heavy (non-hydrogen) atoms. The minimum absolute atomic E-state index is 0.0472. The monoisotopic (exact) mass is 736 g/mol. The lowest BCUT2D eigenvalue weighted by molar-refractivity contribution is 0.203. The predicted molar refractivity (Wildman–Crippen MR) is 231 cm³/mol. The summed E-state index contributed by atoms with van der Waals surface area (Å²) in [5.41, 5.74) is 12.6. The Bertz CT molecular complexity index is 3210. The Hall–Kier alpha value is -6.96. The topological polar surface area (TPSA) is 67.3 Å². The van der Waals surface area contributed by atoms with E-state index in [9.17, 15) is 0 Å². The summed E-state index contributed by atoms with van der Waals surface area (Å²) in [6, 6.07) is 64.4. The third-order valence-corrected chi connectivity index (χ3v) is 11.7. The fourth-order valence-corrected chi connectivity index (χ4v) is 9.05. The maximum Gasteiger partial charge on any atom is 0.136 e. The third-order valence-electron chi connectivity index (χ3n) is 11.7. The molecule has 2 atom stereocenters. The molecular weight excluding hydrogens is 701 g/mol. The maximum absolute atomic E-state index is 6.62. The number of rotatable bonds is 5. The molecule has 0 saturated carbocycles. The molecule has 6 nitrogen and oxygen atoms in total. The molecule has 11 aromatic rings. The molecule has 8 aromatic carbocycles. The fourth-order valence-electron chi connectivity index (χ4n) is 9.05. The maximum atomic E-state index is 6.62. The Morgan fingerprint density at radius 2 is 0.965 bits per heavy atom. The van der Waals surface area contributed by atoms with Crippen LogP contribution < -0.4 is 16.0 Å². The number of aromatic nitrogens is 1. The van der Waals surface area contributed by atoms with Gasteiger partial charge >= 0.3 is 0 Å². The molecule has 0 bridgehead atoms. The van der Waals surface area contributed by atoms with E-state index in [2.05, 4.69) is 203 Å². The largest absolute Gasteiger partial charge is 0.456 e. The van der Waals surface area contributed by atoms with E-state index in [1.165, 1.54) is 32.9 Å². The molecule has 1 saturated heterocycles. The first-order valence-electron chi connectivity index (χ1n) is 19.5. The van der Waals surface area contributed by atoms with Gasteiger partial charge in [-0.3, -0.25) is 16.0 Å². The van der Waals surface area contributed by atoms with Crippen molar-refractivity contribution >= 4 is 65.7 Å². The Morgan fingerprint density at radius 1 is 0.368 bits per heavy atom. The van der Waals surface area contributed by atoms with Gasteiger partial charge in [-0.25, -0.2) is 0 Å². The molecule has 4 heterocycles. The van der Waals surface area contributed by atoms with Crippen LogP contribution in [0.15, 0.2) is 191 Å². The van der Waals surface area contributed by atoms with E-state index in [0.717, 1.165) is 66.3 Å². The van der Waals surface area contributed by atoms with Crippen molar-refractivity contribution in [3.63, 3.8) is 0 Å². The van der Waals surface area contributed by atoms with E-state index in [-0.39, 0.29) is 18.5 Å². The molecule has 0 aliphatic carbocycles. The Kier molecular flexibility index (Phi) is 7.25. The van der Waals surface area contributed by atoms with E-state index in [4.69, 9.17) is 8.83 Å². The van der Waals surface area contributed by atoms with Gasteiger partial charge in [-0.2, -0.15) is 0 Å². The van der Waals surface area contributed by atoms with Gasteiger partial charge in [0.2, 0.25) is 0 Å². The van der Waals surface area contributed by atoms with Crippen LogP contribution in [0.4, 0.5) is 0 Å². The van der Waals surface area contributed by atoms with Crippen molar-refractivity contribution in [2.75, 3.05) is 0 Å². The Balaban J connectivity index is 0.922. The van der Waals surface area contributed by atoms with Crippen LogP contribution in [0.1, 0.15) is 35.2 Å². The molecular formula is C51H36N4O2. The van der Waals surface area contributed by atoms with Gasteiger partial charge in [-0.05, 0) is 82.4 Å². The van der Waals surface area contributed by atoms with Crippen molar-refractivity contribution in [2.45, 2.75) is 18.5 Å². The van der Waals surface area contributed by atoms with Gasteiger partial charge in [0.15, 0.2) is 0 Å². The van der Waals surface area contributed by atoms with Gasteiger partial charge < -0.3 is 13.4 Å². The van der Waals surface area contributed by atoms with Crippen molar-refractivity contribution in [3.8, 4) is 16.8 Å². The molecule has 0 spiro atoms. The predicted octanol–water partition coefficient (Wildman–Crippen LogP) is 12.4. The number of furan rings is 2. The number of nitrogens with zero attached hydrogens (tertiary/aromatic N) is 1. The minimum atomic E-state index is -0.121. The number of benzene rings is 8. The van der Waals surface area contributed by atoms with Crippen LogP contribution in [0.25, 0.3) is 82.5 Å². The highest BCUT2D eigenvalue weighted by Crippen LogP contribution is 2.41. The molecule has 272 valence electrons. The summed E-state index contributed by atoms with van der Waals surface area (Å²) in [5, 5.41) is 18.2. The third kappa shape index (κ3) is 5.23. The number of fused-ring (bicyclic) bond motifs is 9. The van der Waals surface area contributed by atoms with E-state index >= 15 is 0 Å². The van der Waals surface area contributed by atoms with Crippen molar-refractivity contribution in [1.82, 2.24) is 20.5 Å². The van der Waals surface area contributed by atoms with Crippen LogP contribution in [0, 0.1) is 0 Å². The first-order valence-corrected chi connectivity index (χ1v) is 19.5. The second-order valence-electron chi connectivity index (χ2n) is 15.0. The van der Waals surface area contributed by atoms with Gasteiger partial charge in [0, 0.05) is 38.0 Å². The van der Waals surface area contributed by atoms with Crippen molar-refractivity contribution in [3.05, 3.63) is 199 Å². The molecule has 1 aliphatic heterocycles. The zero-order valence-corrected chi connectivity index (χ0v) is 30.8. The summed E-state index contributed by atoms with van der Waals surface area (Å²) in [6.45, 7) is 0. The first-order chi connectivity index (χ1) is 28.2. The lowest BCUT2D eigenvalue weighted by Crippen LogP contribution is -2.54. The lowest BCUT2D eigenvalue weighted by atomic mass is 9.97. The molecule has 3 aromatic heterocycles. The van der Waals surface area contributed by atoms with Crippen LogP contribution in [-0.2, 0) is 0 Å². The van der Waals surface area contributed by atoms with Crippen molar-refractivity contribution in [1.29, 1.82) is 0 Å². The van der Waals surface area contributed by atoms with Gasteiger partial charge in [-0.1, -0.05) is 127 Å². The highest BCUT2D eigenvalue weighted by atomic mass is 16.3.